The Morgan fingerprint density at radius 2 is 0.774 bits per heavy atom. The Hall–Kier alpha value is -7.10. The van der Waals surface area contributed by atoms with Gasteiger partial charge in [-0.1, -0.05) is 146 Å². The molecule has 0 aliphatic rings. The number of nitrogens with zero attached hydrogens (tertiary/aromatic N) is 2. The molecule has 0 fully saturated rings. The van der Waals surface area contributed by atoms with Gasteiger partial charge in [-0.2, -0.15) is 0 Å². The van der Waals surface area contributed by atoms with E-state index in [1.165, 1.54) is 5.39 Å². The van der Waals surface area contributed by atoms with E-state index in [2.05, 4.69) is 170 Å². The molecule has 53 heavy (non-hydrogen) atoms. The lowest BCUT2D eigenvalue weighted by molar-refractivity contribution is 0.669. The van der Waals surface area contributed by atoms with Crippen molar-refractivity contribution in [3.63, 3.8) is 0 Å². The van der Waals surface area contributed by atoms with Gasteiger partial charge in [-0.05, 0) is 92.7 Å². The number of hydrogen-bond donors (Lipinski definition) is 0. The quantitative estimate of drug-likeness (QED) is 0.176. The van der Waals surface area contributed by atoms with Crippen LogP contribution in [0.2, 0.25) is 0 Å². The summed E-state index contributed by atoms with van der Waals surface area (Å²) in [5, 5.41) is 4.55. The van der Waals surface area contributed by atoms with Crippen LogP contribution >= 0.6 is 0 Å². The van der Waals surface area contributed by atoms with Gasteiger partial charge in [-0.3, -0.25) is 0 Å². The Morgan fingerprint density at radius 1 is 0.302 bits per heavy atom. The van der Waals surface area contributed by atoms with Crippen molar-refractivity contribution in [3.8, 4) is 67.3 Å². The summed E-state index contributed by atoms with van der Waals surface area (Å²) in [5.41, 5.74) is 13.2. The van der Waals surface area contributed by atoms with Gasteiger partial charge in [0.15, 0.2) is 5.82 Å². The smallest absolute Gasteiger partial charge is 0.160 e. The maximum absolute atomic E-state index is 6.59. The standard InChI is InChI=1S/C50H32N2O/c1-5-15-33(16-6-1)39-25-40(27-41(26-39)47-32-46(35-19-9-3-10-20-35)51-50(52-47)36-21-11-4-12-22-36)42-30-45-44-28-37-23-13-14-24-38(37)29-48(44)53-49(45)31-43(42)34-17-7-2-8-18-34/h1-32H. The molecular weight excluding hydrogens is 645 g/mol. The molecule has 0 saturated heterocycles. The Kier molecular flexibility index (Phi) is 7.47. The summed E-state index contributed by atoms with van der Waals surface area (Å²) in [4.78, 5) is 10.3. The third-order valence-corrected chi connectivity index (χ3v) is 10.0. The summed E-state index contributed by atoms with van der Waals surface area (Å²) < 4.78 is 6.59. The lowest BCUT2D eigenvalue weighted by Gasteiger charge is -2.16. The first-order chi connectivity index (χ1) is 26.2. The fourth-order valence-corrected chi connectivity index (χ4v) is 7.40. The van der Waals surface area contributed by atoms with E-state index in [-0.39, 0.29) is 0 Å². The predicted octanol–water partition coefficient (Wildman–Crippen LogP) is 13.5. The normalized spacial score (nSPS) is 11.4. The van der Waals surface area contributed by atoms with Gasteiger partial charge in [0, 0.05) is 27.5 Å². The Morgan fingerprint density at radius 3 is 1.45 bits per heavy atom. The van der Waals surface area contributed by atoms with Crippen LogP contribution in [-0.4, -0.2) is 9.97 Å². The van der Waals surface area contributed by atoms with Gasteiger partial charge < -0.3 is 4.42 Å². The minimum atomic E-state index is 0.692. The molecule has 0 saturated carbocycles. The fourth-order valence-electron chi connectivity index (χ4n) is 7.40. The SMILES string of the molecule is c1ccc(-c2cc(-c3cc(-c4ccccc4)nc(-c4ccccc4)n3)cc(-c3cc4c(cc3-c3ccccc3)oc3cc5ccccc5cc34)c2)cc1. The molecule has 248 valence electrons. The van der Waals surface area contributed by atoms with Crippen molar-refractivity contribution in [3.05, 3.63) is 194 Å². The van der Waals surface area contributed by atoms with Gasteiger partial charge in [0.25, 0.3) is 0 Å². The number of hydrogen-bond acceptors (Lipinski definition) is 3. The van der Waals surface area contributed by atoms with E-state index in [1.807, 2.05) is 24.3 Å². The van der Waals surface area contributed by atoms with E-state index in [4.69, 9.17) is 14.4 Å². The molecule has 0 atom stereocenters. The van der Waals surface area contributed by atoms with Gasteiger partial charge in [-0.25, -0.2) is 9.97 Å². The monoisotopic (exact) mass is 676 g/mol. The summed E-state index contributed by atoms with van der Waals surface area (Å²) in [6.07, 6.45) is 0. The zero-order valence-corrected chi connectivity index (χ0v) is 28.8. The summed E-state index contributed by atoms with van der Waals surface area (Å²) in [6.45, 7) is 0. The summed E-state index contributed by atoms with van der Waals surface area (Å²) in [6, 6.07) is 68.1. The molecule has 10 rings (SSSR count). The van der Waals surface area contributed by atoms with Crippen LogP contribution in [0.1, 0.15) is 0 Å². The molecule has 3 heteroatoms. The van der Waals surface area contributed by atoms with Crippen LogP contribution in [0.25, 0.3) is 100.0 Å². The second-order valence-corrected chi connectivity index (χ2v) is 13.4. The van der Waals surface area contributed by atoms with Crippen molar-refractivity contribution in [1.82, 2.24) is 9.97 Å². The first-order valence-corrected chi connectivity index (χ1v) is 17.9. The van der Waals surface area contributed by atoms with Crippen LogP contribution in [-0.2, 0) is 0 Å². The highest BCUT2D eigenvalue weighted by atomic mass is 16.3. The van der Waals surface area contributed by atoms with E-state index >= 15 is 0 Å². The summed E-state index contributed by atoms with van der Waals surface area (Å²) in [5.74, 6) is 0.692. The topological polar surface area (TPSA) is 38.9 Å². The van der Waals surface area contributed by atoms with Crippen molar-refractivity contribution in [2.75, 3.05) is 0 Å². The molecule has 0 spiro atoms. The number of fused-ring (bicyclic) bond motifs is 4. The molecule has 2 heterocycles. The highest BCUT2D eigenvalue weighted by molar-refractivity contribution is 6.12. The fraction of sp³-hybridized carbons (Fsp3) is 0. The molecule has 2 aromatic heterocycles. The van der Waals surface area contributed by atoms with Gasteiger partial charge in [0.05, 0.1) is 11.4 Å². The minimum absolute atomic E-state index is 0.692. The minimum Gasteiger partial charge on any atom is -0.456 e. The zero-order chi connectivity index (χ0) is 35.1. The van der Waals surface area contributed by atoms with Crippen molar-refractivity contribution in [2.24, 2.45) is 0 Å². The van der Waals surface area contributed by atoms with Crippen LogP contribution < -0.4 is 0 Å². The van der Waals surface area contributed by atoms with Gasteiger partial charge in [0.1, 0.15) is 11.2 Å². The molecule has 0 N–H and O–H groups in total. The molecule has 0 aliphatic heterocycles. The van der Waals surface area contributed by atoms with Crippen LogP contribution in [0.3, 0.4) is 0 Å². The number of aromatic nitrogens is 2. The number of rotatable bonds is 6. The van der Waals surface area contributed by atoms with Crippen LogP contribution in [0.15, 0.2) is 199 Å². The number of benzene rings is 8. The lowest BCUT2D eigenvalue weighted by Crippen LogP contribution is -1.96. The predicted molar refractivity (Wildman–Crippen MR) is 219 cm³/mol. The zero-order valence-electron chi connectivity index (χ0n) is 28.8. The molecule has 0 unspecified atom stereocenters. The average Bonchev–Trinajstić information content (AvgIpc) is 3.59. The van der Waals surface area contributed by atoms with Crippen LogP contribution in [0.5, 0.6) is 0 Å². The highest BCUT2D eigenvalue weighted by Crippen LogP contribution is 2.43. The van der Waals surface area contributed by atoms with Gasteiger partial charge in [0.2, 0.25) is 0 Å². The Balaban J connectivity index is 1.25. The van der Waals surface area contributed by atoms with Crippen LogP contribution in [0.4, 0.5) is 0 Å². The first kappa shape index (κ1) is 30.7. The third-order valence-electron chi connectivity index (χ3n) is 10.0. The summed E-state index contributed by atoms with van der Waals surface area (Å²) >= 11 is 0. The molecule has 8 aromatic carbocycles. The van der Waals surface area contributed by atoms with E-state index in [1.54, 1.807) is 0 Å². The van der Waals surface area contributed by atoms with E-state index < -0.39 is 0 Å². The van der Waals surface area contributed by atoms with Crippen molar-refractivity contribution in [1.29, 1.82) is 0 Å². The molecule has 10 aromatic rings. The van der Waals surface area contributed by atoms with Gasteiger partial charge >= 0.3 is 0 Å². The van der Waals surface area contributed by atoms with Crippen molar-refractivity contribution >= 4 is 32.7 Å². The molecular formula is C50H32N2O. The Labute approximate surface area is 307 Å². The maximum Gasteiger partial charge on any atom is 0.160 e. The second kappa shape index (κ2) is 12.9. The molecule has 0 bridgehead atoms. The number of furan rings is 1. The molecule has 3 nitrogen and oxygen atoms in total. The van der Waals surface area contributed by atoms with E-state index in [0.717, 1.165) is 88.8 Å². The first-order valence-electron chi connectivity index (χ1n) is 17.9. The summed E-state index contributed by atoms with van der Waals surface area (Å²) in [7, 11) is 0. The van der Waals surface area contributed by atoms with Gasteiger partial charge in [-0.15, -0.1) is 0 Å². The molecule has 0 radical (unpaired) electrons. The second-order valence-electron chi connectivity index (χ2n) is 13.4. The van der Waals surface area contributed by atoms with Crippen molar-refractivity contribution < 1.29 is 4.42 Å². The molecule has 0 amide bonds. The van der Waals surface area contributed by atoms with Crippen molar-refractivity contribution in [2.45, 2.75) is 0 Å². The lowest BCUT2D eigenvalue weighted by atomic mass is 9.89. The van der Waals surface area contributed by atoms with E-state index in [0.29, 0.717) is 5.82 Å². The highest BCUT2D eigenvalue weighted by Gasteiger charge is 2.18. The Bertz CT molecular complexity index is 2860. The van der Waals surface area contributed by atoms with Crippen LogP contribution in [0, 0.1) is 0 Å². The third kappa shape index (κ3) is 5.75. The average molecular weight is 677 g/mol. The largest absolute Gasteiger partial charge is 0.456 e. The maximum atomic E-state index is 6.59. The van der Waals surface area contributed by atoms with E-state index in [9.17, 15) is 0 Å². The molecule has 0 aliphatic carbocycles.